The second-order valence-electron chi connectivity index (χ2n) is 3.50. The number of aryl methyl sites for hydroxylation is 1. The van der Waals surface area contributed by atoms with E-state index in [1.54, 1.807) is 0 Å². The number of methoxy groups -OCH3 is 1. The van der Waals surface area contributed by atoms with Gasteiger partial charge in [-0.05, 0) is 19.1 Å². The lowest BCUT2D eigenvalue weighted by Crippen LogP contribution is -2.05. The predicted octanol–water partition coefficient (Wildman–Crippen LogP) is 1.64. The highest BCUT2D eigenvalue weighted by atomic mass is 16.5. The summed E-state index contributed by atoms with van der Waals surface area (Å²) in [6, 6.07) is 7.70. The van der Waals surface area contributed by atoms with Crippen molar-refractivity contribution < 1.29 is 9.53 Å². The number of nitrogens with zero attached hydrogens (tertiary/aromatic N) is 2. The van der Waals surface area contributed by atoms with Gasteiger partial charge in [0.15, 0.2) is 5.82 Å². The van der Waals surface area contributed by atoms with Gasteiger partial charge in [0, 0.05) is 5.69 Å². The number of nitrogens with one attached hydrogen (secondary N) is 2. The molecule has 6 nitrogen and oxygen atoms in total. The van der Waals surface area contributed by atoms with Crippen molar-refractivity contribution in [2.45, 2.75) is 6.92 Å². The van der Waals surface area contributed by atoms with Gasteiger partial charge in [0.2, 0.25) is 5.69 Å². The highest BCUT2D eigenvalue weighted by Crippen LogP contribution is 2.17. The van der Waals surface area contributed by atoms with E-state index in [-0.39, 0.29) is 5.69 Å². The van der Waals surface area contributed by atoms with Crippen LogP contribution in [-0.4, -0.2) is 28.5 Å². The number of anilines is 2. The Morgan fingerprint density at radius 3 is 2.65 bits per heavy atom. The molecule has 17 heavy (non-hydrogen) atoms. The Morgan fingerprint density at radius 1 is 1.29 bits per heavy atom. The molecule has 1 heterocycles. The first-order valence-electron chi connectivity index (χ1n) is 5.03. The van der Waals surface area contributed by atoms with Gasteiger partial charge in [0.25, 0.3) is 0 Å². The predicted molar refractivity (Wildman–Crippen MR) is 62.2 cm³/mol. The summed E-state index contributed by atoms with van der Waals surface area (Å²) in [5.74, 6) is -0.186. The number of aromatic nitrogens is 3. The van der Waals surface area contributed by atoms with Crippen LogP contribution in [0.1, 0.15) is 16.1 Å². The summed E-state index contributed by atoms with van der Waals surface area (Å²) in [5, 5.41) is 13.0. The summed E-state index contributed by atoms with van der Waals surface area (Å²) in [6.07, 6.45) is 0. The molecule has 0 atom stereocenters. The third-order valence-corrected chi connectivity index (χ3v) is 2.24. The zero-order valence-electron chi connectivity index (χ0n) is 9.52. The van der Waals surface area contributed by atoms with Gasteiger partial charge >= 0.3 is 5.97 Å². The first kappa shape index (κ1) is 11.1. The third kappa shape index (κ3) is 2.41. The summed E-state index contributed by atoms with van der Waals surface area (Å²) in [7, 11) is 1.30. The largest absolute Gasteiger partial charge is 0.464 e. The van der Waals surface area contributed by atoms with Crippen LogP contribution in [0.3, 0.4) is 0 Å². The maximum atomic E-state index is 11.4. The topological polar surface area (TPSA) is 79.9 Å². The van der Waals surface area contributed by atoms with Crippen molar-refractivity contribution in [1.82, 2.24) is 15.4 Å². The molecule has 0 unspecified atom stereocenters. The van der Waals surface area contributed by atoms with E-state index in [9.17, 15) is 4.79 Å². The summed E-state index contributed by atoms with van der Waals surface area (Å²) in [4.78, 5) is 11.4. The molecule has 0 spiro atoms. The van der Waals surface area contributed by atoms with E-state index in [2.05, 4.69) is 25.5 Å². The van der Waals surface area contributed by atoms with Gasteiger partial charge in [-0.3, -0.25) is 0 Å². The number of benzene rings is 1. The number of hydrogen-bond acceptors (Lipinski definition) is 5. The van der Waals surface area contributed by atoms with Gasteiger partial charge in [0.05, 0.1) is 7.11 Å². The maximum Gasteiger partial charge on any atom is 0.362 e. The van der Waals surface area contributed by atoms with Crippen molar-refractivity contribution >= 4 is 17.5 Å². The molecular weight excluding hydrogens is 220 g/mol. The highest BCUT2D eigenvalue weighted by Gasteiger charge is 2.16. The molecule has 0 aliphatic heterocycles. The molecule has 0 fully saturated rings. The molecule has 88 valence electrons. The van der Waals surface area contributed by atoms with E-state index in [4.69, 9.17) is 0 Å². The Kier molecular flexibility index (Phi) is 3.04. The lowest BCUT2D eigenvalue weighted by atomic mass is 10.2. The van der Waals surface area contributed by atoms with Crippen LogP contribution in [0.2, 0.25) is 0 Å². The zero-order chi connectivity index (χ0) is 12.3. The molecule has 0 aliphatic carbocycles. The molecule has 0 saturated carbocycles. The fourth-order valence-corrected chi connectivity index (χ4v) is 1.33. The molecule has 0 radical (unpaired) electrons. The summed E-state index contributed by atoms with van der Waals surface area (Å²) in [5.41, 5.74) is 2.12. The van der Waals surface area contributed by atoms with Crippen LogP contribution >= 0.6 is 0 Å². The van der Waals surface area contributed by atoms with Crippen LogP contribution < -0.4 is 5.32 Å². The second-order valence-corrected chi connectivity index (χ2v) is 3.50. The van der Waals surface area contributed by atoms with Crippen molar-refractivity contribution in [2.75, 3.05) is 12.4 Å². The quantitative estimate of drug-likeness (QED) is 0.786. The van der Waals surface area contributed by atoms with Gasteiger partial charge in [-0.1, -0.05) is 17.7 Å². The first-order chi connectivity index (χ1) is 8.20. The van der Waals surface area contributed by atoms with Crippen LogP contribution in [0.4, 0.5) is 11.5 Å². The molecule has 2 rings (SSSR count). The molecule has 2 aromatic rings. The minimum Gasteiger partial charge on any atom is -0.464 e. The average Bonchev–Trinajstić information content (AvgIpc) is 2.79. The minimum atomic E-state index is -0.534. The van der Waals surface area contributed by atoms with Crippen molar-refractivity contribution in [1.29, 1.82) is 0 Å². The molecule has 0 amide bonds. The second kappa shape index (κ2) is 4.65. The van der Waals surface area contributed by atoms with Crippen LogP contribution in [0.15, 0.2) is 24.3 Å². The molecule has 0 saturated heterocycles. The zero-order valence-corrected chi connectivity index (χ0v) is 9.52. The van der Waals surface area contributed by atoms with Crippen molar-refractivity contribution in [3.8, 4) is 0 Å². The van der Waals surface area contributed by atoms with Crippen LogP contribution in [0, 0.1) is 6.92 Å². The van der Waals surface area contributed by atoms with Gasteiger partial charge in [0.1, 0.15) is 0 Å². The van der Waals surface area contributed by atoms with E-state index in [1.807, 2.05) is 31.2 Å². The number of aromatic amines is 1. The van der Waals surface area contributed by atoms with E-state index < -0.39 is 5.97 Å². The third-order valence-electron chi connectivity index (χ3n) is 2.24. The minimum absolute atomic E-state index is 0.132. The number of esters is 1. The maximum absolute atomic E-state index is 11.4. The van der Waals surface area contributed by atoms with Crippen LogP contribution in [0.25, 0.3) is 0 Å². The SMILES string of the molecule is COC(=O)c1n[nH]nc1Nc1ccc(C)cc1. The van der Waals surface area contributed by atoms with Gasteiger partial charge in [-0.15, -0.1) is 10.2 Å². The number of rotatable bonds is 3. The van der Waals surface area contributed by atoms with Gasteiger partial charge in [-0.2, -0.15) is 5.21 Å². The molecule has 6 heteroatoms. The van der Waals surface area contributed by atoms with Crippen LogP contribution in [-0.2, 0) is 4.74 Å². The van der Waals surface area contributed by atoms with E-state index in [0.29, 0.717) is 5.82 Å². The summed E-state index contributed by atoms with van der Waals surface area (Å²) < 4.78 is 4.59. The Balaban J connectivity index is 2.21. The number of carbonyl (C=O) groups excluding carboxylic acids is 1. The van der Waals surface area contributed by atoms with E-state index >= 15 is 0 Å². The summed E-state index contributed by atoms with van der Waals surface area (Å²) >= 11 is 0. The van der Waals surface area contributed by atoms with Crippen molar-refractivity contribution in [3.63, 3.8) is 0 Å². The number of ether oxygens (including phenoxy) is 1. The van der Waals surface area contributed by atoms with Gasteiger partial charge in [-0.25, -0.2) is 4.79 Å². The number of H-pyrrole nitrogens is 1. The molecular formula is C11H12N4O2. The van der Waals surface area contributed by atoms with E-state index in [1.165, 1.54) is 7.11 Å². The fraction of sp³-hybridized carbons (Fsp3) is 0.182. The van der Waals surface area contributed by atoms with Gasteiger partial charge < -0.3 is 10.1 Å². The smallest absolute Gasteiger partial charge is 0.362 e. The monoisotopic (exact) mass is 232 g/mol. The standard InChI is InChI=1S/C11H12N4O2/c1-7-3-5-8(6-4-7)12-10-9(11(16)17-2)13-15-14-10/h3-6H,1-2H3,(H2,12,13,14,15). The fourth-order valence-electron chi connectivity index (χ4n) is 1.33. The molecule has 0 aliphatic rings. The Morgan fingerprint density at radius 2 is 2.00 bits per heavy atom. The average molecular weight is 232 g/mol. The van der Waals surface area contributed by atoms with Crippen molar-refractivity contribution in [3.05, 3.63) is 35.5 Å². The Labute approximate surface area is 98.0 Å². The number of carbonyl (C=O) groups is 1. The lowest BCUT2D eigenvalue weighted by molar-refractivity contribution is 0.0595. The Bertz CT molecular complexity index is 519. The van der Waals surface area contributed by atoms with Crippen LogP contribution in [0.5, 0.6) is 0 Å². The normalized spacial score (nSPS) is 10.0. The summed E-state index contributed by atoms with van der Waals surface area (Å²) in [6.45, 7) is 2.00. The molecule has 0 bridgehead atoms. The molecule has 1 aromatic heterocycles. The Hall–Kier alpha value is -2.37. The lowest BCUT2D eigenvalue weighted by Gasteiger charge is -2.04. The molecule has 1 aromatic carbocycles. The molecule has 2 N–H and O–H groups in total. The number of hydrogen-bond donors (Lipinski definition) is 2. The van der Waals surface area contributed by atoms with Crippen molar-refractivity contribution in [2.24, 2.45) is 0 Å². The first-order valence-corrected chi connectivity index (χ1v) is 5.03. The van der Waals surface area contributed by atoms with E-state index in [0.717, 1.165) is 11.3 Å². The highest BCUT2D eigenvalue weighted by molar-refractivity contribution is 5.92.